The standard InChI is InChI=1S/C23H27N3O5S/c1-17-10-13-25(14-11-17)32(29,30)19-7-8-20-21(15-19)31-23(28)26(20)16-22(27)24-12-9-18-5-3-2-4-6-18/h2-8,15,17H,9-14,16H2,1H3,(H,24,27). The summed E-state index contributed by atoms with van der Waals surface area (Å²) in [5, 5.41) is 2.80. The van der Waals surface area contributed by atoms with Gasteiger partial charge >= 0.3 is 5.76 Å². The van der Waals surface area contributed by atoms with Crippen LogP contribution in [-0.2, 0) is 27.8 Å². The number of aromatic nitrogens is 1. The number of carbonyl (C=O) groups excluding carboxylic acids is 1. The number of piperidine rings is 1. The van der Waals surface area contributed by atoms with Crippen molar-refractivity contribution in [2.45, 2.75) is 37.6 Å². The Hall–Kier alpha value is -2.91. The summed E-state index contributed by atoms with van der Waals surface area (Å²) in [5.41, 5.74) is 1.65. The lowest BCUT2D eigenvalue weighted by Crippen LogP contribution is -2.37. The summed E-state index contributed by atoms with van der Waals surface area (Å²) in [6.45, 7) is 3.33. The first kappa shape index (κ1) is 22.3. The average molecular weight is 458 g/mol. The van der Waals surface area contributed by atoms with Gasteiger partial charge in [0.2, 0.25) is 15.9 Å². The van der Waals surface area contributed by atoms with Gasteiger partial charge in [-0.2, -0.15) is 4.31 Å². The van der Waals surface area contributed by atoms with Gasteiger partial charge in [0.25, 0.3) is 0 Å². The fraction of sp³-hybridized carbons (Fsp3) is 0.391. The van der Waals surface area contributed by atoms with E-state index in [4.69, 9.17) is 4.42 Å². The van der Waals surface area contributed by atoms with Gasteiger partial charge in [-0.05, 0) is 42.9 Å². The lowest BCUT2D eigenvalue weighted by molar-refractivity contribution is -0.121. The van der Waals surface area contributed by atoms with Crippen LogP contribution in [0.4, 0.5) is 0 Å². The Labute approximate surface area is 186 Å². The maximum Gasteiger partial charge on any atom is 0.420 e. The molecule has 0 unspecified atom stereocenters. The second-order valence-electron chi connectivity index (χ2n) is 8.26. The second-order valence-corrected chi connectivity index (χ2v) is 10.2. The molecule has 4 rings (SSSR count). The van der Waals surface area contributed by atoms with Gasteiger partial charge in [0.05, 0.1) is 10.4 Å². The highest BCUT2D eigenvalue weighted by Crippen LogP contribution is 2.25. The highest BCUT2D eigenvalue weighted by molar-refractivity contribution is 7.89. The molecule has 1 aromatic heterocycles. The van der Waals surface area contributed by atoms with Crippen molar-refractivity contribution in [1.29, 1.82) is 0 Å². The predicted molar refractivity (Wildman–Crippen MR) is 121 cm³/mol. The third kappa shape index (κ3) is 4.78. The largest absolute Gasteiger partial charge is 0.420 e. The Bertz CT molecular complexity index is 1260. The monoisotopic (exact) mass is 457 g/mol. The van der Waals surface area contributed by atoms with Crippen LogP contribution in [0.25, 0.3) is 11.1 Å². The molecule has 0 aliphatic carbocycles. The molecular formula is C23H27N3O5S. The van der Waals surface area contributed by atoms with Gasteiger partial charge in [0, 0.05) is 25.7 Å². The minimum absolute atomic E-state index is 0.0905. The number of sulfonamides is 1. The third-order valence-corrected chi connectivity index (χ3v) is 7.80. The number of rotatable bonds is 7. The summed E-state index contributed by atoms with van der Waals surface area (Å²) < 4.78 is 33.9. The van der Waals surface area contributed by atoms with Crippen molar-refractivity contribution in [2.75, 3.05) is 19.6 Å². The number of nitrogens with one attached hydrogen (secondary N) is 1. The molecular weight excluding hydrogens is 430 g/mol. The van der Waals surface area contributed by atoms with E-state index in [0.717, 1.165) is 18.4 Å². The number of oxazole rings is 1. The van der Waals surface area contributed by atoms with Gasteiger partial charge in [-0.1, -0.05) is 37.3 Å². The number of hydrogen-bond donors (Lipinski definition) is 1. The van der Waals surface area contributed by atoms with Crippen LogP contribution < -0.4 is 11.1 Å². The molecule has 1 N–H and O–H groups in total. The topological polar surface area (TPSA) is 102 Å². The fourth-order valence-corrected chi connectivity index (χ4v) is 5.41. The maximum absolute atomic E-state index is 13.0. The molecule has 0 spiro atoms. The van der Waals surface area contributed by atoms with E-state index in [-0.39, 0.29) is 22.9 Å². The van der Waals surface area contributed by atoms with Crippen LogP contribution in [0.2, 0.25) is 0 Å². The van der Waals surface area contributed by atoms with Crippen LogP contribution >= 0.6 is 0 Å². The van der Waals surface area contributed by atoms with Crippen molar-refractivity contribution in [2.24, 2.45) is 5.92 Å². The number of fused-ring (bicyclic) bond motifs is 1. The minimum atomic E-state index is -3.66. The molecule has 0 bridgehead atoms. The fourth-order valence-electron chi connectivity index (χ4n) is 3.92. The molecule has 3 aromatic rings. The van der Waals surface area contributed by atoms with Gasteiger partial charge in [-0.3, -0.25) is 9.36 Å². The van der Waals surface area contributed by atoms with Gasteiger partial charge < -0.3 is 9.73 Å². The van der Waals surface area contributed by atoms with Crippen LogP contribution in [0, 0.1) is 5.92 Å². The van der Waals surface area contributed by atoms with Crippen LogP contribution in [-0.4, -0.2) is 42.8 Å². The summed E-state index contributed by atoms with van der Waals surface area (Å²) in [6, 6.07) is 14.1. The quantitative estimate of drug-likeness (QED) is 0.587. The first-order chi connectivity index (χ1) is 15.3. The highest BCUT2D eigenvalue weighted by Gasteiger charge is 2.29. The SMILES string of the molecule is CC1CCN(S(=O)(=O)c2ccc3c(c2)oc(=O)n3CC(=O)NCCc2ccccc2)CC1. The molecule has 9 heteroatoms. The Morgan fingerprint density at radius 2 is 1.84 bits per heavy atom. The molecule has 1 amide bonds. The molecule has 170 valence electrons. The smallest absolute Gasteiger partial charge is 0.408 e. The number of carbonyl (C=O) groups is 1. The Kier molecular flexibility index (Phi) is 6.48. The zero-order chi connectivity index (χ0) is 22.7. The molecule has 1 aliphatic rings. The summed E-state index contributed by atoms with van der Waals surface area (Å²) in [4.78, 5) is 24.8. The van der Waals surface area contributed by atoms with E-state index in [0.29, 0.717) is 37.5 Å². The van der Waals surface area contributed by atoms with E-state index in [1.807, 2.05) is 30.3 Å². The average Bonchev–Trinajstić information content (AvgIpc) is 3.09. The van der Waals surface area contributed by atoms with Crippen LogP contribution in [0.15, 0.2) is 62.6 Å². The minimum Gasteiger partial charge on any atom is -0.408 e. The summed E-state index contributed by atoms with van der Waals surface area (Å²) in [5.74, 6) is -0.501. The zero-order valence-electron chi connectivity index (χ0n) is 18.0. The van der Waals surface area contributed by atoms with E-state index in [1.165, 1.54) is 27.1 Å². The third-order valence-electron chi connectivity index (χ3n) is 5.90. The number of benzene rings is 2. The highest BCUT2D eigenvalue weighted by atomic mass is 32.2. The number of amides is 1. The van der Waals surface area contributed by atoms with Gasteiger partial charge in [0.1, 0.15) is 6.54 Å². The van der Waals surface area contributed by atoms with E-state index in [1.54, 1.807) is 0 Å². The van der Waals surface area contributed by atoms with Crippen molar-refractivity contribution in [3.05, 3.63) is 64.6 Å². The van der Waals surface area contributed by atoms with Crippen molar-refractivity contribution in [1.82, 2.24) is 14.2 Å². The van der Waals surface area contributed by atoms with E-state index < -0.39 is 15.8 Å². The van der Waals surface area contributed by atoms with Crippen LogP contribution in [0.5, 0.6) is 0 Å². The second kappa shape index (κ2) is 9.30. The Morgan fingerprint density at radius 1 is 1.12 bits per heavy atom. The van der Waals surface area contributed by atoms with Crippen molar-refractivity contribution in [3.63, 3.8) is 0 Å². The summed E-state index contributed by atoms with van der Waals surface area (Å²) in [6.07, 6.45) is 2.34. The maximum atomic E-state index is 13.0. The number of hydrogen-bond acceptors (Lipinski definition) is 5. The lowest BCUT2D eigenvalue weighted by atomic mass is 10.0. The Balaban J connectivity index is 1.46. The van der Waals surface area contributed by atoms with Crippen molar-refractivity contribution in [3.8, 4) is 0 Å². The molecule has 8 nitrogen and oxygen atoms in total. The molecule has 1 fully saturated rings. The van der Waals surface area contributed by atoms with Crippen molar-refractivity contribution >= 4 is 27.0 Å². The molecule has 0 radical (unpaired) electrons. The first-order valence-corrected chi connectivity index (χ1v) is 12.2. The van der Waals surface area contributed by atoms with Crippen LogP contribution in [0.3, 0.4) is 0 Å². The number of nitrogens with zero attached hydrogens (tertiary/aromatic N) is 2. The van der Waals surface area contributed by atoms with E-state index in [2.05, 4.69) is 12.2 Å². The molecule has 0 saturated carbocycles. The molecule has 0 atom stereocenters. The van der Waals surface area contributed by atoms with Gasteiger partial charge in [0.15, 0.2) is 5.58 Å². The molecule has 1 saturated heterocycles. The molecule has 2 heterocycles. The first-order valence-electron chi connectivity index (χ1n) is 10.8. The van der Waals surface area contributed by atoms with Crippen LogP contribution in [0.1, 0.15) is 25.3 Å². The van der Waals surface area contributed by atoms with E-state index in [9.17, 15) is 18.0 Å². The van der Waals surface area contributed by atoms with Gasteiger partial charge in [-0.25, -0.2) is 13.2 Å². The Morgan fingerprint density at radius 3 is 2.56 bits per heavy atom. The lowest BCUT2D eigenvalue weighted by Gasteiger charge is -2.29. The predicted octanol–water partition coefficient (Wildman–Crippen LogP) is 2.37. The molecule has 1 aliphatic heterocycles. The van der Waals surface area contributed by atoms with E-state index >= 15 is 0 Å². The van der Waals surface area contributed by atoms with Crippen molar-refractivity contribution < 1.29 is 17.6 Å². The van der Waals surface area contributed by atoms with Gasteiger partial charge in [-0.15, -0.1) is 0 Å². The summed E-state index contributed by atoms with van der Waals surface area (Å²) in [7, 11) is -3.66. The zero-order valence-corrected chi connectivity index (χ0v) is 18.8. The normalized spacial score (nSPS) is 15.8. The summed E-state index contributed by atoms with van der Waals surface area (Å²) >= 11 is 0. The molecule has 32 heavy (non-hydrogen) atoms. The molecule has 2 aromatic carbocycles.